The van der Waals surface area contributed by atoms with Gasteiger partial charge in [0.15, 0.2) is 5.16 Å². The van der Waals surface area contributed by atoms with E-state index in [1.165, 1.54) is 23.9 Å². The van der Waals surface area contributed by atoms with Crippen LogP contribution in [-0.4, -0.2) is 29.1 Å². The van der Waals surface area contributed by atoms with Crippen molar-refractivity contribution < 1.29 is 13.2 Å². The van der Waals surface area contributed by atoms with Gasteiger partial charge < -0.3 is 9.88 Å². The average molecular weight is 489 g/mol. The van der Waals surface area contributed by atoms with E-state index in [2.05, 4.69) is 31.1 Å². The topological polar surface area (TPSA) is 107 Å². The van der Waals surface area contributed by atoms with Crippen LogP contribution in [0, 0.1) is 6.92 Å². The van der Waals surface area contributed by atoms with Gasteiger partial charge >= 0.3 is 0 Å². The van der Waals surface area contributed by atoms with Crippen LogP contribution < -0.4 is 10.5 Å². The second-order valence-electron chi connectivity index (χ2n) is 8.54. The number of rotatable bonds is 9. The summed E-state index contributed by atoms with van der Waals surface area (Å²) in [5.74, 6) is 0.185. The number of aromatic nitrogens is 2. The minimum atomic E-state index is -3.82. The molecule has 0 saturated carbocycles. The Labute approximate surface area is 200 Å². The third-order valence-electron chi connectivity index (χ3n) is 5.58. The molecule has 0 spiro atoms. The smallest absolute Gasteiger partial charge is 0.238 e. The highest BCUT2D eigenvalue weighted by Gasteiger charge is 2.22. The Bertz CT molecular complexity index is 1270. The number of carbonyl (C=O) groups is 1. The molecule has 3 rings (SSSR count). The fourth-order valence-electron chi connectivity index (χ4n) is 3.67. The van der Waals surface area contributed by atoms with Gasteiger partial charge in [0.1, 0.15) is 0 Å². The summed E-state index contributed by atoms with van der Waals surface area (Å²) in [7, 11) is -3.82. The first-order valence-electron chi connectivity index (χ1n) is 11.1. The fourth-order valence-corrected chi connectivity index (χ4v) is 5.15. The van der Waals surface area contributed by atoms with Crippen LogP contribution in [0.1, 0.15) is 57.6 Å². The lowest BCUT2D eigenvalue weighted by atomic mass is 9.98. The van der Waals surface area contributed by atoms with Crippen molar-refractivity contribution in [2.75, 3.05) is 5.32 Å². The highest BCUT2D eigenvalue weighted by Crippen LogP contribution is 2.31. The summed E-state index contributed by atoms with van der Waals surface area (Å²) >= 11 is 1.37. The predicted octanol–water partition coefficient (Wildman–Crippen LogP) is 5.03. The number of aryl methyl sites for hydroxylation is 2. The van der Waals surface area contributed by atoms with Gasteiger partial charge in [-0.2, -0.15) is 0 Å². The summed E-state index contributed by atoms with van der Waals surface area (Å²) in [4.78, 5) is 17.8. The molecule has 0 fully saturated rings. The van der Waals surface area contributed by atoms with Crippen LogP contribution in [0.2, 0.25) is 0 Å². The third-order valence-corrected chi connectivity index (χ3v) is 7.58. The first-order chi connectivity index (χ1) is 15.5. The summed E-state index contributed by atoms with van der Waals surface area (Å²) in [5.41, 5.74) is 4.37. The Balaban J connectivity index is 1.91. The molecule has 1 aromatic heterocycles. The molecule has 2 aromatic carbocycles. The van der Waals surface area contributed by atoms with Crippen molar-refractivity contribution in [2.45, 2.75) is 75.2 Å². The molecule has 1 unspecified atom stereocenters. The van der Waals surface area contributed by atoms with Crippen LogP contribution >= 0.6 is 11.8 Å². The summed E-state index contributed by atoms with van der Waals surface area (Å²) in [6, 6.07) is 10.8. The summed E-state index contributed by atoms with van der Waals surface area (Å²) in [5, 5.41) is 8.68. The van der Waals surface area contributed by atoms with E-state index < -0.39 is 15.3 Å². The zero-order valence-electron chi connectivity index (χ0n) is 19.8. The molecule has 1 amide bonds. The second-order valence-corrected chi connectivity index (χ2v) is 11.4. The molecule has 0 aliphatic heterocycles. The molecule has 7 nitrogen and oxygen atoms in total. The second kappa shape index (κ2) is 10.3. The Hall–Kier alpha value is -2.36. The van der Waals surface area contributed by atoms with Gasteiger partial charge in [-0.05, 0) is 55.5 Å². The minimum Gasteiger partial charge on any atom is -0.325 e. The summed E-state index contributed by atoms with van der Waals surface area (Å²) < 4.78 is 25.6. The zero-order valence-corrected chi connectivity index (χ0v) is 21.4. The lowest BCUT2D eigenvalue weighted by Gasteiger charge is -2.19. The molecule has 9 heteroatoms. The predicted molar refractivity (Wildman–Crippen MR) is 135 cm³/mol. The van der Waals surface area contributed by atoms with E-state index in [1.54, 1.807) is 6.07 Å². The van der Waals surface area contributed by atoms with Gasteiger partial charge in [0, 0.05) is 12.2 Å². The first kappa shape index (κ1) is 25.3. The molecule has 0 bridgehead atoms. The number of para-hydroxylation sites is 1. The number of fused-ring (bicyclic) bond motifs is 1. The monoisotopic (exact) mass is 488 g/mol. The normalized spacial score (nSPS) is 12.9. The SMILES string of the molecule is CCCCn1c(SC(C)C(=O)Nc2c(C)cccc2C(C)C)nc2cc(S(N)(=O)=O)ccc21. The van der Waals surface area contributed by atoms with Gasteiger partial charge in [-0.25, -0.2) is 18.5 Å². The van der Waals surface area contributed by atoms with Crippen molar-refractivity contribution >= 4 is 44.4 Å². The first-order valence-corrected chi connectivity index (χ1v) is 13.6. The van der Waals surface area contributed by atoms with E-state index in [-0.39, 0.29) is 16.7 Å². The van der Waals surface area contributed by atoms with Crippen LogP contribution in [0.15, 0.2) is 46.5 Å². The van der Waals surface area contributed by atoms with Crippen LogP contribution in [-0.2, 0) is 21.4 Å². The molecular weight excluding hydrogens is 456 g/mol. The largest absolute Gasteiger partial charge is 0.325 e. The number of thioether (sulfide) groups is 1. The van der Waals surface area contributed by atoms with Gasteiger partial charge in [0.25, 0.3) is 0 Å². The number of benzene rings is 2. The molecule has 178 valence electrons. The maximum Gasteiger partial charge on any atom is 0.238 e. The molecular formula is C24H32N4O3S2. The van der Waals surface area contributed by atoms with Gasteiger partial charge in [0.05, 0.1) is 21.2 Å². The van der Waals surface area contributed by atoms with Gasteiger partial charge in [-0.1, -0.05) is 57.2 Å². The number of amides is 1. The Morgan fingerprint density at radius 3 is 2.58 bits per heavy atom. The number of primary sulfonamides is 1. The van der Waals surface area contributed by atoms with Crippen LogP contribution in [0.25, 0.3) is 11.0 Å². The summed E-state index contributed by atoms with van der Waals surface area (Å²) in [6.45, 7) is 10.9. The van der Waals surface area contributed by atoms with Crippen molar-refractivity contribution in [1.82, 2.24) is 9.55 Å². The third kappa shape index (κ3) is 5.77. The quantitative estimate of drug-likeness (QED) is 0.411. The fraction of sp³-hybridized carbons (Fsp3) is 0.417. The van der Waals surface area contributed by atoms with Crippen molar-refractivity contribution in [2.24, 2.45) is 5.14 Å². The van der Waals surface area contributed by atoms with Crippen LogP contribution in [0.4, 0.5) is 5.69 Å². The Morgan fingerprint density at radius 1 is 1.21 bits per heavy atom. The molecule has 0 radical (unpaired) electrons. The van der Waals surface area contributed by atoms with E-state index in [0.29, 0.717) is 10.7 Å². The number of imidazole rings is 1. The molecule has 0 aliphatic rings. The number of sulfonamides is 1. The highest BCUT2D eigenvalue weighted by molar-refractivity contribution is 8.00. The number of nitrogens with one attached hydrogen (secondary N) is 1. The molecule has 0 aliphatic carbocycles. The molecule has 3 N–H and O–H groups in total. The summed E-state index contributed by atoms with van der Waals surface area (Å²) in [6.07, 6.45) is 1.94. The Morgan fingerprint density at radius 2 is 1.94 bits per heavy atom. The maximum atomic E-state index is 13.1. The van der Waals surface area contributed by atoms with Gasteiger partial charge in [-0.3, -0.25) is 4.79 Å². The Kier molecular flexibility index (Phi) is 7.87. The van der Waals surface area contributed by atoms with Crippen molar-refractivity contribution in [3.8, 4) is 0 Å². The van der Waals surface area contributed by atoms with E-state index >= 15 is 0 Å². The highest BCUT2D eigenvalue weighted by atomic mass is 32.2. The van der Waals surface area contributed by atoms with Crippen molar-refractivity contribution in [3.63, 3.8) is 0 Å². The number of anilines is 1. The van der Waals surface area contributed by atoms with E-state index in [4.69, 9.17) is 5.14 Å². The standard InChI is InChI=1S/C24H32N4O3S2/c1-6-7-13-28-21-12-11-18(33(25,30)31)14-20(21)26-24(28)32-17(5)23(29)27-22-16(4)9-8-10-19(22)15(2)3/h8-12,14-15,17H,6-7,13H2,1-5H3,(H,27,29)(H2,25,30,31). The molecule has 33 heavy (non-hydrogen) atoms. The number of hydrogen-bond donors (Lipinski definition) is 2. The van der Waals surface area contributed by atoms with Crippen LogP contribution in [0.5, 0.6) is 0 Å². The van der Waals surface area contributed by atoms with E-state index in [1.807, 2.05) is 36.6 Å². The van der Waals surface area contributed by atoms with Crippen molar-refractivity contribution in [1.29, 1.82) is 0 Å². The van der Waals surface area contributed by atoms with Gasteiger partial charge in [0.2, 0.25) is 15.9 Å². The number of hydrogen-bond acceptors (Lipinski definition) is 5. The van der Waals surface area contributed by atoms with Crippen molar-refractivity contribution in [3.05, 3.63) is 47.5 Å². The molecule has 0 saturated heterocycles. The number of carbonyl (C=O) groups excluding carboxylic acids is 1. The minimum absolute atomic E-state index is 0.0262. The number of unbranched alkanes of at least 4 members (excludes halogenated alkanes) is 1. The van der Waals surface area contributed by atoms with Crippen LogP contribution in [0.3, 0.4) is 0 Å². The average Bonchev–Trinajstić information content (AvgIpc) is 3.08. The molecule has 3 aromatic rings. The molecule has 1 heterocycles. The number of nitrogens with zero attached hydrogens (tertiary/aromatic N) is 2. The van der Waals surface area contributed by atoms with Gasteiger partial charge in [-0.15, -0.1) is 0 Å². The lowest BCUT2D eigenvalue weighted by Crippen LogP contribution is -2.24. The van der Waals surface area contributed by atoms with E-state index in [9.17, 15) is 13.2 Å². The number of nitrogens with two attached hydrogens (primary N) is 1. The zero-order chi connectivity index (χ0) is 24.3. The van der Waals surface area contributed by atoms with E-state index in [0.717, 1.165) is 41.7 Å². The maximum absolute atomic E-state index is 13.1. The molecule has 1 atom stereocenters. The lowest BCUT2D eigenvalue weighted by molar-refractivity contribution is -0.115.